The van der Waals surface area contributed by atoms with E-state index in [-0.39, 0.29) is 42.9 Å². The topological polar surface area (TPSA) is 105 Å². The SMILES string of the molecule is CC[C@H](CC(=O)NC1CC(C(=O)O)C1)NC(=O)OCC1c2ccccc2-c2ccccc21. The number of carbonyl (C=O) groups excluding carboxylic acids is 2. The average Bonchev–Trinajstić information content (AvgIpc) is 3.07. The van der Waals surface area contributed by atoms with E-state index < -0.39 is 12.1 Å². The maximum absolute atomic E-state index is 12.5. The highest BCUT2D eigenvalue weighted by molar-refractivity contribution is 5.80. The predicted octanol–water partition coefficient (Wildman–Crippen LogP) is 3.67. The van der Waals surface area contributed by atoms with Crippen LogP contribution < -0.4 is 10.6 Å². The van der Waals surface area contributed by atoms with Crippen LogP contribution in [0.5, 0.6) is 0 Å². The van der Waals surface area contributed by atoms with Gasteiger partial charge < -0.3 is 20.5 Å². The molecule has 0 bridgehead atoms. The minimum absolute atomic E-state index is 0.0164. The molecular weight excluding hydrogens is 408 g/mol. The van der Waals surface area contributed by atoms with Gasteiger partial charge in [0, 0.05) is 24.4 Å². The number of aliphatic carboxylic acids is 1. The molecule has 0 radical (unpaired) electrons. The summed E-state index contributed by atoms with van der Waals surface area (Å²) >= 11 is 0. The molecule has 0 spiro atoms. The van der Waals surface area contributed by atoms with Gasteiger partial charge in [-0.1, -0.05) is 55.5 Å². The van der Waals surface area contributed by atoms with E-state index in [1.54, 1.807) is 0 Å². The molecule has 0 unspecified atom stereocenters. The number of alkyl carbamates (subject to hydrolysis) is 1. The third-order valence-electron chi connectivity index (χ3n) is 6.44. The van der Waals surface area contributed by atoms with Crippen molar-refractivity contribution < 1.29 is 24.2 Å². The summed E-state index contributed by atoms with van der Waals surface area (Å²) in [6.07, 6.45) is 1.09. The van der Waals surface area contributed by atoms with Crippen molar-refractivity contribution in [2.24, 2.45) is 5.92 Å². The van der Waals surface area contributed by atoms with E-state index in [4.69, 9.17) is 9.84 Å². The van der Waals surface area contributed by atoms with Gasteiger partial charge in [0.1, 0.15) is 6.61 Å². The monoisotopic (exact) mass is 436 g/mol. The highest BCUT2D eigenvalue weighted by Crippen LogP contribution is 2.44. The number of benzene rings is 2. The Morgan fingerprint density at radius 3 is 2.19 bits per heavy atom. The van der Waals surface area contributed by atoms with Crippen LogP contribution in [-0.2, 0) is 14.3 Å². The molecule has 3 N–H and O–H groups in total. The van der Waals surface area contributed by atoms with Gasteiger partial charge in [0.2, 0.25) is 5.91 Å². The Labute approximate surface area is 187 Å². The smallest absolute Gasteiger partial charge is 0.407 e. The zero-order chi connectivity index (χ0) is 22.7. The fourth-order valence-electron chi connectivity index (χ4n) is 4.55. The van der Waals surface area contributed by atoms with Crippen LogP contribution in [0.2, 0.25) is 0 Å². The van der Waals surface area contributed by atoms with Gasteiger partial charge in [-0.2, -0.15) is 0 Å². The molecule has 7 heteroatoms. The molecule has 2 aliphatic carbocycles. The largest absolute Gasteiger partial charge is 0.481 e. The van der Waals surface area contributed by atoms with E-state index in [2.05, 4.69) is 34.9 Å². The van der Waals surface area contributed by atoms with Crippen LogP contribution in [0.4, 0.5) is 4.79 Å². The molecule has 2 aliphatic rings. The van der Waals surface area contributed by atoms with Crippen molar-refractivity contribution in [3.63, 3.8) is 0 Å². The molecule has 2 amide bonds. The second kappa shape index (κ2) is 9.42. The zero-order valence-electron chi connectivity index (χ0n) is 18.0. The maximum Gasteiger partial charge on any atom is 0.407 e. The first-order chi connectivity index (χ1) is 15.5. The Morgan fingerprint density at radius 1 is 1.03 bits per heavy atom. The Hall–Kier alpha value is -3.35. The highest BCUT2D eigenvalue weighted by atomic mass is 16.5. The van der Waals surface area contributed by atoms with Crippen LogP contribution in [0, 0.1) is 5.92 Å². The van der Waals surface area contributed by atoms with Crippen molar-refractivity contribution in [3.05, 3.63) is 59.7 Å². The van der Waals surface area contributed by atoms with Crippen LogP contribution in [0.15, 0.2) is 48.5 Å². The number of carboxylic acids is 1. The van der Waals surface area contributed by atoms with E-state index in [1.165, 1.54) is 11.1 Å². The third-order valence-corrected chi connectivity index (χ3v) is 6.44. The molecule has 32 heavy (non-hydrogen) atoms. The molecule has 0 aliphatic heterocycles. The van der Waals surface area contributed by atoms with Crippen molar-refractivity contribution in [3.8, 4) is 11.1 Å². The molecule has 7 nitrogen and oxygen atoms in total. The Balaban J connectivity index is 1.28. The molecule has 0 saturated heterocycles. The van der Waals surface area contributed by atoms with Crippen LogP contribution in [0.1, 0.15) is 49.7 Å². The summed E-state index contributed by atoms with van der Waals surface area (Å²) < 4.78 is 5.56. The second-order valence-electron chi connectivity index (χ2n) is 8.55. The van der Waals surface area contributed by atoms with E-state index in [1.807, 2.05) is 31.2 Å². The first-order valence-electron chi connectivity index (χ1n) is 11.1. The Bertz CT molecular complexity index is 969. The van der Waals surface area contributed by atoms with Gasteiger partial charge in [0.15, 0.2) is 0 Å². The fourth-order valence-corrected chi connectivity index (χ4v) is 4.55. The number of fused-ring (bicyclic) bond motifs is 3. The number of nitrogens with one attached hydrogen (secondary N) is 2. The number of amides is 2. The summed E-state index contributed by atoms with van der Waals surface area (Å²) in [4.78, 5) is 35.6. The second-order valence-corrected chi connectivity index (χ2v) is 8.55. The first-order valence-corrected chi connectivity index (χ1v) is 11.1. The molecule has 1 atom stereocenters. The fraction of sp³-hybridized carbons (Fsp3) is 0.400. The van der Waals surface area contributed by atoms with E-state index >= 15 is 0 Å². The van der Waals surface area contributed by atoms with Gasteiger partial charge in [-0.15, -0.1) is 0 Å². The van der Waals surface area contributed by atoms with Gasteiger partial charge in [-0.25, -0.2) is 4.79 Å². The molecule has 2 aromatic carbocycles. The van der Waals surface area contributed by atoms with Gasteiger partial charge in [-0.3, -0.25) is 9.59 Å². The average molecular weight is 437 g/mol. The normalized spacial score (nSPS) is 19.8. The number of ether oxygens (including phenoxy) is 1. The number of rotatable bonds is 8. The van der Waals surface area contributed by atoms with Crippen molar-refractivity contribution in [1.82, 2.24) is 10.6 Å². The molecule has 1 fully saturated rings. The first kappa shape index (κ1) is 21.9. The summed E-state index contributed by atoms with van der Waals surface area (Å²) in [7, 11) is 0. The molecule has 4 rings (SSSR count). The molecule has 0 heterocycles. The summed E-state index contributed by atoms with van der Waals surface area (Å²) in [6, 6.07) is 15.8. The van der Waals surface area contributed by atoms with Crippen LogP contribution in [0.3, 0.4) is 0 Å². The number of hydrogen-bond acceptors (Lipinski definition) is 4. The van der Waals surface area contributed by atoms with Gasteiger partial charge in [-0.05, 0) is 41.5 Å². The quantitative estimate of drug-likeness (QED) is 0.586. The summed E-state index contributed by atoms with van der Waals surface area (Å²) in [5, 5.41) is 14.6. The van der Waals surface area contributed by atoms with E-state index in [0.717, 1.165) is 11.1 Å². The lowest BCUT2D eigenvalue weighted by molar-refractivity contribution is -0.146. The van der Waals surface area contributed by atoms with Crippen LogP contribution in [0.25, 0.3) is 11.1 Å². The van der Waals surface area contributed by atoms with Crippen LogP contribution in [-0.4, -0.2) is 41.8 Å². The Kier molecular flexibility index (Phi) is 6.44. The lowest BCUT2D eigenvalue weighted by Crippen LogP contribution is -2.48. The third kappa shape index (κ3) is 4.61. The molecular formula is C25H28N2O5. The van der Waals surface area contributed by atoms with Crippen molar-refractivity contribution >= 4 is 18.0 Å². The number of hydrogen-bond donors (Lipinski definition) is 3. The predicted molar refractivity (Wildman–Crippen MR) is 119 cm³/mol. The molecule has 2 aromatic rings. The van der Waals surface area contributed by atoms with E-state index in [0.29, 0.717) is 19.3 Å². The summed E-state index contributed by atoms with van der Waals surface area (Å²) in [6.45, 7) is 2.12. The minimum atomic E-state index is -0.821. The maximum atomic E-state index is 12.5. The molecule has 1 saturated carbocycles. The van der Waals surface area contributed by atoms with E-state index in [9.17, 15) is 14.4 Å². The van der Waals surface area contributed by atoms with Crippen molar-refractivity contribution in [2.45, 2.75) is 50.6 Å². The minimum Gasteiger partial charge on any atom is -0.481 e. The van der Waals surface area contributed by atoms with Gasteiger partial charge in [0.25, 0.3) is 0 Å². The number of carboxylic acid groups (broad SMARTS) is 1. The molecule has 0 aromatic heterocycles. The van der Waals surface area contributed by atoms with Crippen molar-refractivity contribution in [2.75, 3.05) is 6.61 Å². The number of carbonyl (C=O) groups is 3. The van der Waals surface area contributed by atoms with Crippen LogP contribution >= 0.6 is 0 Å². The van der Waals surface area contributed by atoms with Crippen molar-refractivity contribution in [1.29, 1.82) is 0 Å². The van der Waals surface area contributed by atoms with Gasteiger partial charge in [0.05, 0.1) is 5.92 Å². The molecule has 168 valence electrons. The standard InChI is InChI=1S/C25H28N2O5/c1-2-16(13-23(28)26-17-11-15(12-17)24(29)30)27-25(31)32-14-22-20-9-5-3-7-18(20)19-8-4-6-10-21(19)22/h3-10,15-17,22H,2,11-14H2,1H3,(H,26,28)(H,27,31)(H,29,30)/t15?,16-,17?/m1/s1. The Morgan fingerprint density at radius 2 is 1.62 bits per heavy atom. The highest BCUT2D eigenvalue weighted by Gasteiger charge is 2.35. The lowest BCUT2D eigenvalue weighted by Gasteiger charge is -2.33. The van der Waals surface area contributed by atoms with Gasteiger partial charge >= 0.3 is 12.1 Å². The lowest BCUT2D eigenvalue weighted by atomic mass is 9.80. The summed E-state index contributed by atoms with van der Waals surface area (Å²) in [5.41, 5.74) is 4.63. The zero-order valence-corrected chi connectivity index (χ0v) is 18.0. The summed E-state index contributed by atoms with van der Waals surface area (Å²) in [5.74, 6) is -1.40.